The Morgan fingerprint density at radius 3 is 2.28 bits per heavy atom. The topological polar surface area (TPSA) is 69.7 Å². The van der Waals surface area contributed by atoms with Gasteiger partial charge in [-0.15, -0.1) is 0 Å². The molecule has 0 aliphatic carbocycles. The van der Waals surface area contributed by atoms with Gasteiger partial charge in [0.15, 0.2) is 0 Å². The van der Waals surface area contributed by atoms with Crippen molar-refractivity contribution in [1.29, 1.82) is 0 Å². The van der Waals surface area contributed by atoms with Crippen LogP contribution in [0.3, 0.4) is 0 Å². The molecule has 0 radical (unpaired) electrons. The van der Waals surface area contributed by atoms with Crippen molar-refractivity contribution >= 4 is 15.9 Å². The van der Waals surface area contributed by atoms with E-state index in [1.54, 1.807) is 12.1 Å². The van der Waals surface area contributed by atoms with Crippen LogP contribution in [0.2, 0.25) is 0 Å². The van der Waals surface area contributed by atoms with Gasteiger partial charge in [0.1, 0.15) is 0 Å². The van der Waals surface area contributed by atoms with E-state index in [1.807, 2.05) is 24.8 Å². The Morgan fingerprint density at radius 1 is 1.04 bits per heavy atom. The second-order valence-corrected chi connectivity index (χ2v) is 8.94. The first kappa shape index (κ1) is 18.4. The molecule has 0 unspecified atom stereocenters. The third kappa shape index (κ3) is 3.88. The van der Waals surface area contributed by atoms with Gasteiger partial charge in [-0.3, -0.25) is 4.79 Å². The Bertz CT molecular complexity index is 734. The second kappa shape index (κ2) is 7.43. The minimum Gasteiger partial charge on any atom is -0.340 e. The number of benzene rings is 1. The largest absolute Gasteiger partial charge is 0.340 e. The molecule has 0 spiro atoms. The number of rotatable bonds is 3. The van der Waals surface area contributed by atoms with Crippen molar-refractivity contribution in [2.45, 2.75) is 31.6 Å². The molecule has 1 aromatic carbocycles. The van der Waals surface area contributed by atoms with Gasteiger partial charge >= 0.3 is 0 Å². The zero-order valence-electron chi connectivity index (χ0n) is 15.0. The lowest BCUT2D eigenvalue weighted by atomic mass is 9.96. The number of nitrogens with one attached hydrogen (secondary N) is 1. The van der Waals surface area contributed by atoms with Crippen molar-refractivity contribution in [3.8, 4) is 0 Å². The second-order valence-electron chi connectivity index (χ2n) is 7.00. The van der Waals surface area contributed by atoms with Crippen LogP contribution in [-0.2, 0) is 14.8 Å². The fourth-order valence-electron chi connectivity index (χ4n) is 3.50. The molecule has 1 amide bonds. The van der Waals surface area contributed by atoms with E-state index in [0.29, 0.717) is 31.1 Å². The van der Waals surface area contributed by atoms with Gasteiger partial charge in [0.25, 0.3) is 0 Å². The molecule has 2 heterocycles. The third-order valence-electron chi connectivity index (χ3n) is 5.35. The number of amides is 1. The number of hydrogen-bond acceptors (Lipinski definition) is 4. The van der Waals surface area contributed by atoms with E-state index < -0.39 is 10.0 Å². The van der Waals surface area contributed by atoms with Gasteiger partial charge in [-0.1, -0.05) is 6.07 Å². The SMILES string of the molecule is Cc1ccc(S(=O)(=O)N2CCN(C(=O)C3CCNCC3)CC2)cc1C. The Labute approximate surface area is 150 Å². The molecule has 2 aliphatic rings. The van der Waals surface area contributed by atoms with Crippen molar-refractivity contribution in [2.24, 2.45) is 5.92 Å². The van der Waals surface area contributed by atoms with Crippen molar-refractivity contribution < 1.29 is 13.2 Å². The van der Waals surface area contributed by atoms with Crippen LogP contribution in [0.4, 0.5) is 0 Å². The molecule has 0 bridgehead atoms. The molecular weight excluding hydrogens is 338 g/mol. The summed E-state index contributed by atoms with van der Waals surface area (Å²) in [5.41, 5.74) is 2.05. The molecular formula is C18H27N3O3S. The van der Waals surface area contributed by atoms with E-state index in [-0.39, 0.29) is 11.8 Å². The number of sulfonamides is 1. The summed E-state index contributed by atoms with van der Waals surface area (Å²) in [5.74, 6) is 0.272. The van der Waals surface area contributed by atoms with Crippen molar-refractivity contribution in [3.05, 3.63) is 29.3 Å². The predicted molar refractivity (Wildman–Crippen MR) is 96.8 cm³/mol. The highest BCUT2D eigenvalue weighted by Gasteiger charge is 2.32. The van der Waals surface area contributed by atoms with Crippen molar-refractivity contribution in [1.82, 2.24) is 14.5 Å². The maximum Gasteiger partial charge on any atom is 0.243 e. The zero-order chi connectivity index (χ0) is 18.0. The predicted octanol–water partition coefficient (Wildman–Crippen LogP) is 1.14. The normalized spacial score (nSPS) is 20.6. The number of carbonyl (C=O) groups excluding carboxylic acids is 1. The van der Waals surface area contributed by atoms with E-state index in [2.05, 4.69) is 5.32 Å². The van der Waals surface area contributed by atoms with Crippen LogP contribution in [0.1, 0.15) is 24.0 Å². The maximum atomic E-state index is 12.8. The van der Waals surface area contributed by atoms with Gasteiger partial charge in [0.2, 0.25) is 15.9 Å². The molecule has 0 saturated carbocycles. The molecule has 138 valence electrons. The first-order chi connectivity index (χ1) is 11.9. The van der Waals surface area contributed by atoms with Crippen molar-refractivity contribution in [3.63, 3.8) is 0 Å². The fourth-order valence-corrected chi connectivity index (χ4v) is 5.01. The molecule has 2 saturated heterocycles. The quantitative estimate of drug-likeness (QED) is 0.872. The summed E-state index contributed by atoms with van der Waals surface area (Å²) in [5, 5.41) is 3.27. The van der Waals surface area contributed by atoms with Gasteiger partial charge in [0, 0.05) is 32.1 Å². The average molecular weight is 365 g/mol. The Morgan fingerprint density at radius 2 is 1.68 bits per heavy atom. The average Bonchev–Trinajstić information content (AvgIpc) is 2.64. The van der Waals surface area contributed by atoms with E-state index >= 15 is 0 Å². The minimum atomic E-state index is -3.49. The van der Waals surface area contributed by atoms with Gasteiger partial charge in [-0.2, -0.15) is 4.31 Å². The van der Waals surface area contributed by atoms with Gasteiger partial charge in [-0.25, -0.2) is 8.42 Å². The van der Waals surface area contributed by atoms with Crippen LogP contribution in [0.15, 0.2) is 23.1 Å². The summed E-state index contributed by atoms with van der Waals surface area (Å²) in [4.78, 5) is 14.8. The first-order valence-electron chi connectivity index (χ1n) is 8.96. The summed E-state index contributed by atoms with van der Waals surface area (Å²) >= 11 is 0. The molecule has 25 heavy (non-hydrogen) atoms. The highest BCUT2D eigenvalue weighted by molar-refractivity contribution is 7.89. The first-order valence-corrected chi connectivity index (χ1v) is 10.4. The molecule has 0 atom stereocenters. The zero-order valence-corrected chi connectivity index (χ0v) is 15.8. The van der Waals surface area contributed by atoms with Crippen LogP contribution in [0.5, 0.6) is 0 Å². The van der Waals surface area contributed by atoms with Gasteiger partial charge in [-0.05, 0) is 63.0 Å². The fraction of sp³-hybridized carbons (Fsp3) is 0.611. The molecule has 2 aliphatic heterocycles. The highest BCUT2D eigenvalue weighted by atomic mass is 32.2. The summed E-state index contributed by atoms with van der Waals surface area (Å²) < 4.78 is 27.2. The molecule has 6 nitrogen and oxygen atoms in total. The standard InChI is InChI=1S/C18H27N3O3S/c1-14-3-4-17(13-15(14)2)25(23,24)21-11-9-20(10-12-21)18(22)16-5-7-19-8-6-16/h3-4,13,16,19H,5-12H2,1-2H3. The monoisotopic (exact) mass is 365 g/mol. The molecule has 0 aromatic heterocycles. The van der Waals surface area contributed by atoms with E-state index in [0.717, 1.165) is 37.1 Å². The number of carbonyl (C=O) groups is 1. The Hall–Kier alpha value is -1.44. The summed E-state index contributed by atoms with van der Waals surface area (Å²) in [6, 6.07) is 5.25. The number of hydrogen-bond donors (Lipinski definition) is 1. The highest BCUT2D eigenvalue weighted by Crippen LogP contribution is 2.22. The lowest BCUT2D eigenvalue weighted by Crippen LogP contribution is -2.52. The lowest BCUT2D eigenvalue weighted by molar-refractivity contribution is -0.137. The van der Waals surface area contributed by atoms with Crippen LogP contribution in [-0.4, -0.2) is 62.8 Å². The lowest BCUT2D eigenvalue weighted by Gasteiger charge is -2.36. The third-order valence-corrected chi connectivity index (χ3v) is 7.25. The molecule has 1 N–H and O–H groups in total. The summed E-state index contributed by atoms with van der Waals surface area (Å²) in [7, 11) is -3.49. The number of piperidine rings is 1. The molecule has 2 fully saturated rings. The Balaban J connectivity index is 1.64. The van der Waals surface area contributed by atoms with Crippen molar-refractivity contribution in [2.75, 3.05) is 39.3 Å². The number of aryl methyl sites for hydroxylation is 2. The van der Waals surface area contributed by atoms with Gasteiger partial charge in [0.05, 0.1) is 4.90 Å². The minimum absolute atomic E-state index is 0.0872. The van der Waals surface area contributed by atoms with E-state index in [1.165, 1.54) is 4.31 Å². The molecule has 3 rings (SSSR count). The van der Waals surface area contributed by atoms with E-state index in [4.69, 9.17) is 0 Å². The Kier molecular flexibility index (Phi) is 5.46. The summed E-state index contributed by atoms with van der Waals surface area (Å²) in [6.07, 6.45) is 1.75. The maximum absolute atomic E-state index is 12.8. The van der Waals surface area contributed by atoms with Crippen LogP contribution in [0.25, 0.3) is 0 Å². The number of piperazine rings is 1. The van der Waals surface area contributed by atoms with E-state index in [9.17, 15) is 13.2 Å². The number of nitrogens with zero attached hydrogens (tertiary/aromatic N) is 2. The smallest absolute Gasteiger partial charge is 0.243 e. The molecule has 7 heteroatoms. The molecule has 1 aromatic rings. The van der Waals surface area contributed by atoms with Gasteiger partial charge < -0.3 is 10.2 Å². The van der Waals surface area contributed by atoms with Crippen LogP contribution < -0.4 is 5.32 Å². The van der Waals surface area contributed by atoms with Crippen LogP contribution in [0, 0.1) is 19.8 Å². The van der Waals surface area contributed by atoms with Crippen LogP contribution >= 0.6 is 0 Å². The summed E-state index contributed by atoms with van der Waals surface area (Å²) in [6.45, 7) is 7.35.